The van der Waals surface area contributed by atoms with E-state index >= 15 is 0 Å². The van der Waals surface area contributed by atoms with Crippen LogP contribution >= 0.6 is 35.1 Å². The molecule has 1 amide bonds. The van der Waals surface area contributed by atoms with Crippen molar-refractivity contribution in [3.8, 4) is 5.75 Å². The lowest BCUT2D eigenvalue weighted by molar-refractivity contribution is -0.104. The van der Waals surface area contributed by atoms with Crippen LogP contribution in [0.25, 0.3) is 0 Å². The Bertz CT molecular complexity index is 1630. The van der Waals surface area contributed by atoms with Gasteiger partial charge in [0.05, 0.1) is 32.2 Å². The summed E-state index contributed by atoms with van der Waals surface area (Å²) in [5.74, 6) is 7.95. The van der Waals surface area contributed by atoms with Gasteiger partial charge in [-0.05, 0) is 135 Å². The predicted octanol–water partition coefficient (Wildman–Crippen LogP) is 7.99. The molecule has 7 atom stereocenters. The SMILES string of the molecule is C=S1(=O)NC(=O)c2ccc3c(c2)N(C[C@@H]2CC[C@H]2[C@@](OC)(C2SCCCS2)CCC[C@H](C)[C@H]1C)C[C@@]1(CCCc2cc(Cl)ccc21)CO3. The summed E-state index contributed by atoms with van der Waals surface area (Å²) < 4.78 is 30.8. The second-order valence-corrected chi connectivity index (χ2v) is 20.6. The maximum Gasteiger partial charge on any atom is 0.262 e. The molecule has 2 fully saturated rings. The molecule has 3 heterocycles. The van der Waals surface area contributed by atoms with Crippen molar-refractivity contribution in [2.24, 2.45) is 17.8 Å². The zero-order valence-electron chi connectivity index (χ0n) is 28.6. The maximum absolute atomic E-state index is 14.0. The number of ether oxygens (including phenoxy) is 2. The maximum atomic E-state index is 14.0. The monoisotopic (exact) mass is 730 g/mol. The highest BCUT2D eigenvalue weighted by Crippen LogP contribution is 2.55. The summed E-state index contributed by atoms with van der Waals surface area (Å²) in [6.07, 6.45) is 9.62. The van der Waals surface area contributed by atoms with Gasteiger partial charge in [-0.25, -0.2) is 4.21 Å². The van der Waals surface area contributed by atoms with Gasteiger partial charge in [-0.2, -0.15) is 0 Å². The number of carbonyl (C=O) groups excluding carboxylic acids is 1. The molecule has 7 rings (SSSR count). The first-order valence-electron chi connectivity index (χ1n) is 17.8. The van der Waals surface area contributed by atoms with Crippen molar-refractivity contribution in [3.63, 3.8) is 0 Å². The minimum atomic E-state index is -2.89. The smallest absolute Gasteiger partial charge is 0.262 e. The third-order valence-corrected chi connectivity index (χ3v) is 18.0. The Morgan fingerprint density at radius 2 is 1.88 bits per heavy atom. The van der Waals surface area contributed by atoms with E-state index < -0.39 is 9.71 Å². The van der Waals surface area contributed by atoms with E-state index in [2.05, 4.69) is 58.1 Å². The van der Waals surface area contributed by atoms with E-state index in [1.54, 1.807) is 0 Å². The summed E-state index contributed by atoms with van der Waals surface area (Å²) in [4.78, 5) is 16.3. The molecule has 0 radical (unpaired) electrons. The van der Waals surface area contributed by atoms with Crippen molar-refractivity contribution < 1.29 is 18.5 Å². The van der Waals surface area contributed by atoms with Crippen LogP contribution in [0.3, 0.4) is 0 Å². The van der Waals surface area contributed by atoms with Gasteiger partial charge in [0.1, 0.15) is 5.75 Å². The quantitative estimate of drug-likeness (QED) is 0.315. The first-order valence-corrected chi connectivity index (χ1v) is 22.1. The lowest BCUT2D eigenvalue weighted by Crippen LogP contribution is -2.57. The molecule has 48 heavy (non-hydrogen) atoms. The molecule has 0 aromatic heterocycles. The van der Waals surface area contributed by atoms with E-state index in [-0.39, 0.29) is 28.1 Å². The fourth-order valence-corrected chi connectivity index (χ4v) is 14.4. The molecule has 2 aromatic rings. The molecule has 1 saturated carbocycles. The van der Waals surface area contributed by atoms with Gasteiger partial charge >= 0.3 is 0 Å². The number of anilines is 1. The highest BCUT2D eigenvalue weighted by atomic mass is 35.5. The summed E-state index contributed by atoms with van der Waals surface area (Å²) in [5.41, 5.74) is 3.67. The molecule has 1 saturated heterocycles. The Hall–Kier alpha value is -1.52. The minimum Gasteiger partial charge on any atom is -0.490 e. The molecule has 10 heteroatoms. The summed E-state index contributed by atoms with van der Waals surface area (Å²) in [5, 5.41) is 0.517. The van der Waals surface area contributed by atoms with Gasteiger partial charge in [-0.15, -0.1) is 23.5 Å². The summed E-state index contributed by atoms with van der Waals surface area (Å²) in [6, 6.07) is 12.1. The Morgan fingerprint density at radius 1 is 1.06 bits per heavy atom. The third kappa shape index (κ3) is 6.42. The van der Waals surface area contributed by atoms with Crippen LogP contribution in [0.4, 0.5) is 5.69 Å². The van der Waals surface area contributed by atoms with Crippen LogP contribution in [0, 0.1) is 17.8 Å². The fourth-order valence-electron chi connectivity index (χ4n) is 9.19. The standard InChI is InChI=1S/C38H51ClN2O4S3/c1-25-8-5-17-38(44-3,36-46-18-7-19-47-36)32-13-10-29(32)22-41-23-37(16-6-9-27-20-30(39)12-14-31(27)37)24-45-34-15-11-28(21-33(34)41)35(42)40-48(4,43)26(25)2/h11-12,14-15,20-21,25-26,29,32,36H,4-10,13,16-19,22-24H2,1-3H3,(H,40,42,43)/t25-,26+,29-,32+,37-,38+,48?/m0/s1. The van der Waals surface area contributed by atoms with Gasteiger partial charge in [-0.3, -0.25) is 9.52 Å². The van der Waals surface area contributed by atoms with Crippen molar-refractivity contribution in [1.29, 1.82) is 0 Å². The number of nitrogens with zero attached hydrogens (tertiary/aromatic N) is 1. The first-order chi connectivity index (χ1) is 23.0. The summed E-state index contributed by atoms with van der Waals surface area (Å²) in [6.45, 7) is 6.38. The number of thioether (sulfide) groups is 2. The number of amides is 1. The topological polar surface area (TPSA) is 67.9 Å². The van der Waals surface area contributed by atoms with Gasteiger partial charge in [0.15, 0.2) is 0 Å². The summed E-state index contributed by atoms with van der Waals surface area (Å²) in [7, 11) is -0.942. The van der Waals surface area contributed by atoms with E-state index in [1.165, 1.54) is 41.9 Å². The fraction of sp³-hybridized carbons (Fsp3) is 0.632. The molecule has 1 N–H and O–H groups in total. The molecule has 1 unspecified atom stereocenters. The summed E-state index contributed by atoms with van der Waals surface area (Å²) >= 11 is 10.7. The lowest BCUT2D eigenvalue weighted by Gasteiger charge is -2.54. The molecule has 6 nitrogen and oxygen atoms in total. The Balaban J connectivity index is 1.32. The van der Waals surface area contributed by atoms with Crippen molar-refractivity contribution in [2.45, 2.75) is 92.5 Å². The molecule has 262 valence electrons. The molecular formula is C38H51ClN2O4S3. The molecule has 1 spiro atoms. The second kappa shape index (κ2) is 13.9. The largest absolute Gasteiger partial charge is 0.490 e. The Kier molecular flexibility index (Phi) is 10.1. The van der Waals surface area contributed by atoms with Crippen molar-refractivity contribution in [3.05, 3.63) is 58.1 Å². The zero-order chi connectivity index (χ0) is 33.7. The molecule has 3 aliphatic heterocycles. The van der Waals surface area contributed by atoms with Crippen LogP contribution in [0.2, 0.25) is 5.02 Å². The third-order valence-electron chi connectivity index (χ3n) is 12.3. The van der Waals surface area contributed by atoms with E-state index in [1.807, 2.05) is 38.3 Å². The molecular weight excluding hydrogens is 680 g/mol. The van der Waals surface area contributed by atoms with E-state index in [0.29, 0.717) is 28.6 Å². The average Bonchev–Trinajstić information content (AvgIpc) is 3.22. The lowest BCUT2D eigenvalue weighted by atomic mass is 9.63. The number of benzene rings is 2. The number of aryl methyl sites for hydroxylation is 1. The van der Waals surface area contributed by atoms with Crippen molar-refractivity contribution in [2.75, 3.05) is 43.2 Å². The average molecular weight is 731 g/mol. The highest BCUT2D eigenvalue weighted by molar-refractivity contribution is 8.17. The number of fused-ring (bicyclic) bond motifs is 4. The number of methoxy groups -OCH3 is 1. The number of carbonyl (C=O) groups is 1. The van der Waals surface area contributed by atoms with Gasteiger partial charge in [0, 0.05) is 41.5 Å². The number of halogens is 1. The molecule has 2 aliphatic carbocycles. The van der Waals surface area contributed by atoms with Gasteiger partial charge in [-0.1, -0.05) is 31.0 Å². The Morgan fingerprint density at radius 3 is 2.62 bits per heavy atom. The Labute approximate surface area is 301 Å². The second-order valence-electron chi connectivity index (χ2n) is 15.0. The molecule has 2 bridgehead atoms. The number of nitrogens with one attached hydrogen (secondary N) is 1. The van der Waals surface area contributed by atoms with Crippen LogP contribution in [-0.4, -0.2) is 69.7 Å². The van der Waals surface area contributed by atoms with E-state index in [4.69, 9.17) is 21.1 Å². The normalized spacial score (nSPS) is 36.2. The minimum absolute atomic E-state index is 0.141. The van der Waals surface area contributed by atoms with Gasteiger partial charge in [0.2, 0.25) is 0 Å². The van der Waals surface area contributed by atoms with Crippen LogP contribution < -0.4 is 14.4 Å². The van der Waals surface area contributed by atoms with E-state index in [9.17, 15) is 9.00 Å². The molecule has 5 aliphatic rings. The van der Waals surface area contributed by atoms with Crippen LogP contribution in [-0.2, 0) is 26.3 Å². The van der Waals surface area contributed by atoms with Crippen LogP contribution in [0.1, 0.15) is 86.7 Å². The van der Waals surface area contributed by atoms with Gasteiger partial charge in [0.25, 0.3) is 5.91 Å². The van der Waals surface area contributed by atoms with E-state index in [0.717, 1.165) is 68.1 Å². The van der Waals surface area contributed by atoms with Crippen molar-refractivity contribution in [1.82, 2.24) is 4.72 Å². The van der Waals surface area contributed by atoms with Crippen LogP contribution in [0.5, 0.6) is 5.75 Å². The molecule has 2 aromatic carbocycles. The van der Waals surface area contributed by atoms with Gasteiger partial charge < -0.3 is 14.4 Å². The van der Waals surface area contributed by atoms with Crippen LogP contribution in [0.15, 0.2) is 36.4 Å². The predicted molar refractivity (Wildman–Crippen MR) is 205 cm³/mol. The van der Waals surface area contributed by atoms with Crippen molar-refractivity contribution >= 4 is 62.3 Å². The first kappa shape index (κ1) is 34.9. The zero-order valence-corrected chi connectivity index (χ0v) is 31.8. The number of rotatable bonds is 2. The number of hydrogen-bond acceptors (Lipinski definition) is 7. The number of hydrogen-bond donors (Lipinski definition) is 1. The highest BCUT2D eigenvalue weighted by Gasteiger charge is 2.54.